The van der Waals surface area contributed by atoms with Gasteiger partial charge in [-0.1, -0.05) is 35.4 Å². The summed E-state index contributed by atoms with van der Waals surface area (Å²) in [5.41, 5.74) is 5.15. The van der Waals surface area contributed by atoms with Gasteiger partial charge in [0.2, 0.25) is 10.0 Å². The molecule has 0 amide bonds. The summed E-state index contributed by atoms with van der Waals surface area (Å²) in [6, 6.07) is 12.3. The maximum atomic E-state index is 13.1. The highest BCUT2D eigenvalue weighted by atomic mass is 32.2. The molecule has 4 nitrogen and oxygen atoms in total. The minimum Gasteiger partial charge on any atom is -0.369 e. The van der Waals surface area contributed by atoms with E-state index < -0.39 is 10.0 Å². The van der Waals surface area contributed by atoms with Gasteiger partial charge in [0.1, 0.15) is 0 Å². The van der Waals surface area contributed by atoms with Crippen molar-refractivity contribution in [1.82, 2.24) is 4.31 Å². The molecule has 2 aromatic rings. The molecule has 0 radical (unpaired) electrons. The van der Waals surface area contributed by atoms with E-state index in [2.05, 4.69) is 36.1 Å². The molecule has 5 heteroatoms. The molecule has 0 aliphatic carbocycles. The number of aryl methyl sites for hydroxylation is 4. The first-order valence-corrected chi connectivity index (χ1v) is 10.1. The van der Waals surface area contributed by atoms with Gasteiger partial charge in [-0.2, -0.15) is 4.31 Å². The first kappa shape index (κ1) is 18.0. The lowest BCUT2D eigenvalue weighted by molar-refractivity contribution is 0.384. The molecule has 0 aromatic heterocycles. The molecule has 134 valence electrons. The summed E-state index contributed by atoms with van der Waals surface area (Å²) in [5, 5.41) is 0. The van der Waals surface area contributed by atoms with Crippen molar-refractivity contribution < 1.29 is 8.42 Å². The zero-order chi connectivity index (χ0) is 18.2. The molecule has 0 atom stereocenters. The molecule has 1 fully saturated rings. The monoisotopic (exact) mass is 358 g/mol. The molecule has 3 rings (SSSR count). The number of rotatable bonds is 3. The second-order valence-corrected chi connectivity index (χ2v) is 8.83. The standard InChI is InChI=1S/C20H26N2O2S/c1-15-5-7-19(8-6-15)21-9-11-22(12-10-21)25(23,24)20-17(3)13-16(2)14-18(20)4/h5-8,13-14H,9-12H2,1-4H3. The molecule has 0 N–H and O–H groups in total. The number of piperazine rings is 1. The van der Waals surface area contributed by atoms with Gasteiger partial charge in [0.05, 0.1) is 4.90 Å². The van der Waals surface area contributed by atoms with Crippen LogP contribution in [0.3, 0.4) is 0 Å². The predicted molar refractivity (Wildman–Crippen MR) is 103 cm³/mol. The molecule has 0 saturated carbocycles. The minimum atomic E-state index is -3.45. The van der Waals surface area contributed by atoms with Crippen molar-refractivity contribution in [2.45, 2.75) is 32.6 Å². The second kappa shape index (κ2) is 6.81. The molecular formula is C20H26N2O2S. The van der Waals surface area contributed by atoms with Crippen molar-refractivity contribution in [3.05, 3.63) is 58.7 Å². The van der Waals surface area contributed by atoms with E-state index in [4.69, 9.17) is 0 Å². The summed E-state index contributed by atoms with van der Waals surface area (Å²) in [7, 11) is -3.45. The van der Waals surface area contributed by atoms with Crippen molar-refractivity contribution >= 4 is 15.7 Å². The molecule has 1 saturated heterocycles. The smallest absolute Gasteiger partial charge is 0.243 e. The van der Waals surface area contributed by atoms with Crippen molar-refractivity contribution in [2.75, 3.05) is 31.1 Å². The zero-order valence-electron chi connectivity index (χ0n) is 15.4. The third-order valence-electron chi connectivity index (χ3n) is 4.84. The Morgan fingerprint density at radius 3 is 1.80 bits per heavy atom. The maximum absolute atomic E-state index is 13.1. The number of sulfonamides is 1. The lowest BCUT2D eigenvalue weighted by Gasteiger charge is -2.36. The number of anilines is 1. The van der Waals surface area contributed by atoms with Crippen LogP contribution in [-0.4, -0.2) is 38.9 Å². The average molecular weight is 359 g/mol. The Hall–Kier alpha value is -1.85. The van der Waals surface area contributed by atoms with Gasteiger partial charge in [-0.25, -0.2) is 8.42 Å². The molecule has 0 spiro atoms. The van der Waals surface area contributed by atoms with Crippen molar-refractivity contribution in [3.63, 3.8) is 0 Å². The average Bonchev–Trinajstić information content (AvgIpc) is 2.54. The Morgan fingerprint density at radius 2 is 1.28 bits per heavy atom. The summed E-state index contributed by atoms with van der Waals surface area (Å²) >= 11 is 0. The van der Waals surface area contributed by atoms with Crippen molar-refractivity contribution in [3.8, 4) is 0 Å². The number of hydrogen-bond acceptors (Lipinski definition) is 3. The Balaban J connectivity index is 1.79. The molecule has 25 heavy (non-hydrogen) atoms. The Kier molecular flexibility index (Phi) is 4.89. The Bertz CT molecular complexity index is 842. The van der Waals surface area contributed by atoms with Gasteiger partial charge < -0.3 is 4.90 Å². The molecule has 0 bridgehead atoms. The lowest BCUT2D eigenvalue weighted by atomic mass is 10.1. The second-order valence-electron chi connectivity index (χ2n) is 6.95. The van der Waals surface area contributed by atoms with Crippen LogP contribution in [0.4, 0.5) is 5.69 Å². The molecule has 1 aliphatic heterocycles. The highest BCUT2D eigenvalue weighted by Gasteiger charge is 2.30. The topological polar surface area (TPSA) is 40.6 Å². The van der Waals surface area contributed by atoms with Gasteiger partial charge >= 0.3 is 0 Å². The molecule has 1 aliphatic rings. The van der Waals surface area contributed by atoms with E-state index in [0.717, 1.165) is 22.4 Å². The van der Waals surface area contributed by atoms with E-state index in [9.17, 15) is 8.42 Å². The van der Waals surface area contributed by atoms with E-state index in [-0.39, 0.29) is 0 Å². The summed E-state index contributed by atoms with van der Waals surface area (Å²) in [6.07, 6.45) is 0. The van der Waals surface area contributed by atoms with Crippen molar-refractivity contribution in [1.29, 1.82) is 0 Å². The largest absolute Gasteiger partial charge is 0.369 e. The quantitative estimate of drug-likeness (QED) is 0.844. The molecule has 2 aromatic carbocycles. The van der Waals surface area contributed by atoms with Gasteiger partial charge in [-0.05, 0) is 51.0 Å². The van der Waals surface area contributed by atoms with Gasteiger partial charge in [-0.15, -0.1) is 0 Å². The minimum absolute atomic E-state index is 0.474. The van der Waals surface area contributed by atoms with Crippen LogP contribution in [0.2, 0.25) is 0 Å². The Labute approximate surface area is 151 Å². The normalized spacial score (nSPS) is 16.2. The van der Waals surface area contributed by atoms with Crippen LogP contribution < -0.4 is 4.90 Å². The molecule has 0 unspecified atom stereocenters. The van der Waals surface area contributed by atoms with Crippen LogP contribution in [0.5, 0.6) is 0 Å². The first-order valence-electron chi connectivity index (χ1n) is 8.68. The summed E-state index contributed by atoms with van der Waals surface area (Å²) in [6.45, 7) is 10.3. The third kappa shape index (κ3) is 3.58. The van der Waals surface area contributed by atoms with Crippen molar-refractivity contribution in [2.24, 2.45) is 0 Å². The predicted octanol–water partition coefficient (Wildman–Crippen LogP) is 3.43. The van der Waals surface area contributed by atoms with E-state index in [1.54, 1.807) is 4.31 Å². The summed E-state index contributed by atoms with van der Waals surface area (Å²) in [5.74, 6) is 0. The van der Waals surface area contributed by atoms with Crippen LogP contribution in [-0.2, 0) is 10.0 Å². The fourth-order valence-electron chi connectivity index (χ4n) is 3.64. The fraction of sp³-hybridized carbons (Fsp3) is 0.400. The van der Waals surface area contributed by atoms with E-state index in [1.165, 1.54) is 5.56 Å². The van der Waals surface area contributed by atoms with Crippen LogP contribution in [0, 0.1) is 27.7 Å². The van der Waals surface area contributed by atoms with Gasteiger partial charge in [0, 0.05) is 31.9 Å². The highest BCUT2D eigenvalue weighted by Crippen LogP contribution is 2.27. The third-order valence-corrected chi connectivity index (χ3v) is 7.05. The van der Waals surface area contributed by atoms with Crippen LogP contribution in [0.1, 0.15) is 22.3 Å². The fourth-order valence-corrected chi connectivity index (χ4v) is 5.48. The molecule has 1 heterocycles. The number of benzene rings is 2. The number of nitrogens with zero attached hydrogens (tertiary/aromatic N) is 2. The zero-order valence-corrected chi connectivity index (χ0v) is 16.2. The van der Waals surface area contributed by atoms with Crippen LogP contribution in [0.25, 0.3) is 0 Å². The summed E-state index contributed by atoms with van der Waals surface area (Å²) < 4.78 is 27.9. The SMILES string of the molecule is Cc1ccc(N2CCN(S(=O)(=O)c3c(C)cc(C)cc3C)CC2)cc1. The van der Waals surface area contributed by atoms with Crippen LogP contribution in [0.15, 0.2) is 41.3 Å². The molecular weight excluding hydrogens is 332 g/mol. The first-order chi connectivity index (χ1) is 11.8. The number of hydrogen-bond donors (Lipinski definition) is 0. The van der Waals surface area contributed by atoms with E-state index >= 15 is 0 Å². The van der Waals surface area contributed by atoms with E-state index in [1.807, 2.05) is 32.9 Å². The highest BCUT2D eigenvalue weighted by molar-refractivity contribution is 7.89. The van der Waals surface area contributed by atoms with Crippen LogP contribution >= 0.6 is 0 Å². The van der Waals surface area contributed by atoms with Gasteiger partial charge in [0.25, 0.3) is 0 Å². The summed E-state index contributed by atoms with van der Waals surface area (Å²) in [4.78, 5) is 2.72. The van der Waals surface area contributed by atoms with Gasteiger partial charge in [0.15, 0.2) is 0 Å². The van der Waals surface area contributed by atoms with Gasteiger partial charge in [-0.3, -0.25) is 0 Å². The maximum Gasteiger partial charge on any atom is 0.243 e. The Morgan fingerprint density at radius 1 is 0.760 bits per heavy atom. The lowest BCUT2D eigenvalue weighted by Crippen LogP contribution is -2.48. The van der Waals surface area contributed by atoms with E-state index in [0.29, 0.717) is 31.1 Å².